The summed E-state index contributed by atoms with van der Waals surface area (Å²) in [6, 6.07) is 1.49. The van der Waals surface area contributed by atoms with Crippen molar-refractivity contribution in [2.24, 2.45) is 0 Å². The van der Waals surface area contributed by atoms with Crippen LogP contribution in [0.25, 0.3) is 0 Å². The Morgan fingerprint density at radius 1 is 1.40 bits per heavy atom. The van der Waals surface area contributed by atoms with Crippen molar-refractivity contribution in [3.63, 3.8) is 0 Å². The van der Waals surface area contributed by atoms with Crippen LogP contribution < -0.4 is 5.73 Å². The smallest absolute Gasteiger partial charge is 0.280 e. The molecule has 2 N–H and O–H groups in total. The van der Waals surface area contributed by atoms with Gasteiger partial charge in [0, 0.05) is 13.1 Å². The number of hydrogen-bond donors (Lipinski definition) is 1. The van der Waals surface area contributed by atoms with E-state index < -0.39 is 17.5 Å². The number of amides is 1. The summed E-state index contributed by atoms with van der Waals surface area (Å²) in [6.45, 7) is 0. The van der Waals surface area contributed by atoms with E-state index in [2.05, 4.69) is 4.84 Å². The summed E-state index contributed by atoms with van der Waals surface area (Å²) < 4.78 is 26.0. The van der Waals surface area contributed by atoms with Gasteiger partial charge in [-0.2, -0.15) is 0 Å². The molecule has 0 unspecified atom stereocenters. The molecule has 82 valence electrons. The number of carbonyl (C=O) groups excluding carboxylic acids is 1. The van der Waals surface area contributed by atoms with E-state index in [1.807, 2.05) is 0 Å². The minimum absolute atomic E-state index is 0.288. The zero-order valence-corrected chi connectivity index (χ0v) is 8.25. The van der Waals surface area contributed by atoms with Gasteiger partial charge in [-0.3, -0.25) is 9.63 Å². The number of nitrogens with two attached hydrogens (primary N) is 1. The van der Waals surface area contributed by atoms with Crippen LogP contribution in [0.3, 0.4) is 0 Å². The Bertz CT molecular complexity index is 396. The lowest BCUT2D eigenvalue weighted by Gasteiger charge is -2.14. The molecule has 0 aliphatic carbocycles. The van der Waals surface area contributed by atoms with Crippen molar-refractivity contribution in [2.75, 3.05) is 19.9 Å². The van der Waals surface area contributed by atoms with Gasteiger partial charge in [0.05, 0.1) is 18.4 Å². The van der Waals surface area contributed by atoms with Gasteiger partial charge >= 0.3 is 0 Å². The van der Waals surface area contributed by atoms with Crippen molar-refractivity contribution in [3.8, 4) is 0 Å². The van der Waals surface area contributed by atoms with Gasteiger partial charge < -0.3 is 5.73 Å². The van der Waals surface area contributed by atoms with E-state index in [0.29, 0.717) is 6.07 Å². The predicted octanol–water partition coefficient (Wildman–Crippen LogP) is 1.18. The van der Waals surface area contributed by atoms with E-state index in [1.54, 1.807) is 0 Å². The maximum Gasteiger partial charge on any atom is 0.280 e. The van der Waals surface area contributed by atoms with Crippen LogP contribution in [-0.2, 0) is 4.84 Å². The number of benzene rings is 1. The molecular formula is C9H10F2N2O2. The highest BCUT2D eigenvalue weighted by atomic mass is 19.1. The average molecular weight is 216 g/mol. The van der Waals surface area contributed by atoms with Crippen molar-refractivity contribution in [1.82, 2.24) is 5.06 Å². The molecule has 0 aromatic heterocycles. The highest BCUT2D eigenvalue weighted by molar-refractivity contribution is 5.94. The summed E-state index contributed by atoms with van der Waals surface area (Å²) in [6.07, 6.45) is 0. The van der Waals surface area contributed by atoms with Gasteiger partial charge in [0.15, 0.2) is 0 Å². The summed E-state index contributed by atoms with van der Waals surface area (Å²) in [5, 5.41) is 0.815. The second kappa shape index (κ2) is 4.22. The Morgan fingerprint density at radius 2 is 2.00 bits per heavy atom. The monoisotopic (exact) mass is 216 g/mol. The summed E-state index contributed by atoms with van der Waals surface area (Å²) in [7, 11) is 2.56. The molecular weight excluding hydrogens is 206 g/mol. The predicted molar refractivity (Wildman–Crippen MR) is 49.9 cm³/mol. The van der Waals surface area contributed by atoms with Crippen molar-refractivity contribution in [2.45, 2.75) is 0 Å². The average Bonchev–Trinajstić information content (AvgIpc) is 2.21. The number of rotatable bonds is 2. The van der Waals surface area contributed by atoms with Crippen molar-refractivity contribution in [3.05, 3.63) is 29.3 Å². The fourth-order valence-corrected chi connectivity index (χ4v) is 0.982. The van der Waals surface area contributed by atoms with E-state index >= 15 is 0 Å². The Labute approximate surface area is 85.2 Å². The van der Waals surface area contributed by atoms with Crippen molar-refractivity contribution >= 4 is 11.6 Å². The summed E-state index contributed by atoms with van der Waals surface area (Å²) in [5.74, 6) is -2.61. The molecule has 0 fully saturated rings. The highest BCUT2D eigenvalue weighted by Crippen LogP contribution is 2.17. The number of nitrogen functional groups attached to an aromatic ring is 1. The molecule has 15 heavy (non-hydrogen) atoms. The topological polar surface area (TPSA) is 55.6 Å². The van der Waals surface area contributed by atoms with Crippen LogP contribution in [0.4, 0.5) is 14.5 Å². The van der Waals surface area contributed by atoms with Gasteiger partial charge in [0.2, 0.25) is 0 Å². The molecule has 0 saturated carbocycles. The van der Waals surface area contributed by atoms with Crippen molar-refractivity contribution < 1.29 is 18.4 Å². The van der Waals surface area contributed by atoms with Crippen LogP contribution in [0.2, 0.25) is 0 Å². The number of halogens is 2. The lowest BCUT2D eigenvalue weighted by molar-refractivity contribution is -0.0759. The third-order valence-electron chi connectivity index (χ3n) is 1.88. The van der Waals surface area contributed by atoms with E-state index in [0.717, 1.165) is 11.1 Å². The molecule has 0 saturated heterocycles. The fraction of sp³-hybridized carbons (Fsp3) is 0.222. The minimum Gasteiger partial charge on any atom is -0.396 e. The lowest BCUT2D eigenvalue weighted by Crippen LogP contribution is -2.26. The maximum absolute atomic E-state index is 13.2. The zero-order chi connectivity index (χ0) is 11.6. The van der Waals surface area contributed by atoms with Gasteiger partial charge in [0.25, 0.3) is 5.91 Å². The molecule has 1 aromatic rings. The molecule has 1 amide bonds. The number of carbonyl (C=O) groups is 1. The third-order valence-corrected chi connectivity index (χ3v) is 1.88. The summed E-state index contributed by atoms with van der Waals surface area (Å²) in [5.41, 5.74) is 4.59. The normalized spacial score (nSPS) is 10.1. The van der Waals surface area contributed by atoms with Crippen LogP contribution in [0.5, 0.6) is 0 Å². The zero-order valence-electron chi connectivity index (χ0n) is 8.25. The van der Waals surface area contributed by atoms with E-state index in [9.17, 15) is 13.6 Å². The lowest BCUT2D eigenvalue weighted by atomic mass is 10.1. The van der Waals surface area contributed by atoms with Crippen LogP contribution >= 0.6 is 0 Å². The largest absolute Gasteiger partial charge is 0.396 e. The fourth-order valence-electron chi connectivity index (χ4n) is 0.982. The Morgan fingerprint density at radius 3 is 2.53 bits per heavy atom. The Hall–Kier alpha value is -1.69. The molecule has 0 atom stereocenters. The molecule has 0 aliphatic heterocycles. The third kappa shape index (κ3) is 2.21. The number of hydroxylamine groups is 2. The molecule has 0 radical (unpaired) electrons. The molecule has 0 heterocycles. The van der Waals surface area contributed by atoms with Crippen LogP contribution in [0, 0.1) is 11.6 Å². The molecule has 0 spiro atoms. The molecule has 6 heteroatoms. The van der Waals surface area contributed by atoms with Gasteiger partial charge in [-0.1, -0.05) is 0 Å². The van der Waals surface area contributed by atoms with Crippen molar-refractivity contribution in [1.29, 1.82) is 0 Å². The highest BCUT2D eigenvalue weighted by Gasteiger charge is 2.18. The molecule has 4 nitrogen and oxygen atoms in total. The second-order valence-electron chi connectivity index (χ2n) is 2.84. The van der Waals surface area contributed by atoms with E-state index in [4.69, 9.17) is 5.73 Å². The van der Waals surface area contributed by atoms with Gasteiger partial charge in [0.1, 0.15) is 11.6 Å². The van der Waals surface area contributed by atoms with Crippen LogP contribution in [-0.4, -0.2) is 25.1 Å². The number of anilines is 1. The number of hydrogen-bond acceptors (Lipinski definition) is 3. The second-order valence-corrected chi connectivity index (χ2v) is 2.84. The van der Waals surface area contributed by atoms with Crippen LogP contribution in [0.1, 0.15) is 10.4 Å². The molecule has 0 bridgehead atoms. The first-order chi connectivity index (χ1) is 6.97. The standard InChI is InChI=1S/C9H10F2N2O2/c1-13(15-2)9(14)5-3-8(12)7(11)4-6(5)10/h3-4H,12H2,1-2H3. The first-order valence-electron chi connectivity index (χ1n) is 4.04. The first kappa shape index (κ1) is 11.4. The number of nitrogens with zero attached hydrogens (tertiary/aromatic N) is 1. The minimum atomic E-state index is -0.976. The quantitative estimate of drug-likeness (QED) is 0.596. The van der Waals surface area contributed by atoms with E-state index in [1.165, 1.54) is 14.2 Å². The SMILES string of the molecule is CON(C)C(=O)c1cc(N)c(F)cc1F. The van der Waals surface area contributed by atoms with Gasteiger partial charge in [-0.05, 0) is 6.07 Å². The van der Waals surface area contributed by atoms with Gasteiger partial charge in [-0.15, -0.1) is 0 Å². The Kier molecular flexibility index (Phi) is 3.21. The Balaban J connectivity index is 3.15. The van der Waals surface area contributed by atoms with Crippen LogP contribution in [0.15, 0.2) is 12.1 Å². The van der Waals surface area contributed by atoms with E-state index in [-0.39, 0.29) is 11.3 Å². The molecule has 1 aromatic carbocycles. The summed E-state index contributed by atoms with van der Waals surface area (Å²) in [4.78, 5) is 16.0. The first-order valence-corrected chi connectivity index (χ1v) is 4.04. The molecule has 1 rings (SSSR count). The summed E-state index contributed by atoms with van der Waals surface area (Å²) >= 11 is 0. The van der Waals surface area contributed by atoms with Gasteiger partial charge in [-0.25, -0.2) is 13.8 Å². The maximum atomic E-state index is 13.2. The molecule has 0 aliphatic rings.